The number of thiocarbonyl (C=S) groups is 1. The number of rotatable bonds is 4. The van der Waals surface area contributed by atoms with Crippen molar-refractivity contribution in [2.75, 3.05) is 38.6 Å². The highest BCUT2D eigenvalue weighted by Gasteiger charge is 2.21. The fourth-order valence-corrected chi connectivity index (χ4v) is 3.00. The number of nitrogens with two attached hydrogens (primary N) is 1. The molecular formula is C15H23N3S. The smallest absolute Gasteiger partial charge is 0.106 e. The third kappa shape index (κ3) is 3.67. The Kier molecular flexibility index (Phi) is 4.77. The second kappa shape index (κ2) is 6.35. The second-order valence-corrected chi connectivity index (χ2v) is 6.01. The summed E-state index contributed by atoms with van der Waals surface area (Å²) >= 11 is 5.14. The molecule has 1 aliphatic rings. The normalized spacial score (nSPS) is 16.9. The fourth-order valence-electron chi connectivity index (χ4n) is 2.83. The fraction of sp³-hybridized carbons (Fsp3) is 0.533. The summed E-state index contributed by atoms with van der Waals surface area (Å²) in [6, 6.07) is 8.20. The average Bonchev–Trinajstić information content (AvgIpc) is 2.39. The van der Waals surface area contributed by atoms with Crippen LogP contribution in [0.3, 0.4) is 0 Å². The van der Waals surface area contributed by atoms with Crippen LogP contribution < -0.4 is 10.6 Å². The molecule has 0 aromatic heterocycles. The maximum atomic E-state index is 5.81. The first-order chi connectivity index (χ1) is 9.08. The molecule has 1 aromatic carbocycles. The largest absolute Gasteiger partial charge is 0.389 e. The van der Waals surface area contributed by atoms with Gasteiger partial charge in [-0.05, 0) is 45.0 Å². The van der Waals surface area contributed by atoms with Gasteiger partial charge in [0.25, 0.3) is 0 Å². The van der Waals surface area contributed by atoms with Gasteiger partial charge in [-0.15, -0.1) is 0 Å². The van der Waals surface area contributed by atoms with E-state index in [0.29, 0.717) is 4.99 Å². The zero-order valence-electron chi connectivity index (χ0n) is 11.8. The highest BCUT2D eigenvalue weighted by molar-refractivity contribution is 7.80. The SMILES string of the molecule is CN(C)CC1CCN(c2ccccc2C(N)=S)CC1. The number of nitrogens with zero attached hydrogens (tertiary/aromatic N) is 2. The molecule has 0 saturated carbocycles. The Balaban J connectivity index is 2.04. The van der Waals surface area contributed by atoms with Crippen molar-refractivity contribution < 1.29 is 0 Å². The molecule has 3 nitrogen and oxygen atoms in total. The third-order valence-corrected chi connectivity index (χ3v) is 3.97. The summed E-state index contributed by atoms with van der Waals surface area (Å²) in [5.74, 6) is 0.809. The van der Waals surface area contributed by atoms with Gasteiger partial charge in [0.05, 0.1) is 0 Å². The first-order valence-electron chi connectivity index (χ1n) is 6.86. The molecule has 1 fully saturated rings. The molecule has 104 valence electrons. The van der Waals surface area contributed by atoms with Crippen LogP contribution in [0.15, 0.2) is 24.3 Å². The van der Waals surface area contributed by atoms with Gasteiger partial charge < -0.3 is 15.5 Å². The summed E-state index contributed by atoms with van der Waals surface area (Å²) in [7, 11) is 4.29. The summed E-state index contributed by atoms with van der Waals surface area (Å²) in [4.78, 5) is 5.19. The summed E-state index contributed by atoms with van der Waals surface area (Å²) in [6.07, 6.45) is 2.48. The Morgan fingerprint density at radius 3 is 2.53 bits per heavy atom. The van der Waals surface area contributed by atoms with Crippen molar-refractivity contribution >= 4 is 22.9 Å². The van der Waals surface area contributed by atoms with Crippen molar-refractivity contribution in [3.8, 4) is 0 Å². The lowest BCUT2D eigenvalue weighted by Gasteiger charge is -2.35. The van der Waals surface area contributed by atoms with Crippen LogP contribution >= 0.6 is 12.2 Å². The molecular weight excluding hydrogens is 254 g/mol. The molecule has 1 aromatic rings. The van der Waals surface area contributed by atoms with Crippen molar-refractivity contribution in [1.82, 2.24) is 4.90 Å². The minimum Gasteiger partial charge on any atom is -0.389 e. The minimum absolute atomic E-state index is 0.492. The molecule has 2 rings (SSSR count). The molecule has 0 aliphatic carbocycles. The van der Waals surface area contributed by atoms with Crippen LogP contribution in [-0.2, 0) is 0 Å². The van der Waals surface area contributed by atoms with Gasteiger partial charge >= 0.3 is 0 Å². The molecule has 4 heteroatoms. The zero-order valence-corrected chi connectivity index (χ0v) is 12.6. The van der Waals surface area contributed by atoms with Crippen molar-refractivity contribution in [1.29, 1.82) is 0 Å². The van der Waals surface area contributed by atoms with E-state index in [0.717, 1.165) is 24.6 Å². The molecule has 0 radical (unpaired) electrons. The first-order valence-corrected chi connectivity index (χ1v) is 7.27. The monoisotopic (exact) mass is 277 g/mol. The number of hydrogen-bond donors (Lipinski definition) is 1. The molecule has 0 unspecified atom stereocenters. The zero-order chi connectivity index (χ0) is 13.8. The number of para-hydroxylation sites is 1. The van der Waals surface area contributed by atoms with Gasteiger partial charge in [-0.1, -0.05) is 24.4 Å². The van der Waals surface area contributed by atoms with E-state index in [1.54, 1.807) is 0 Å². The maximum absolute atomic E-state index is 5.81. The van der Waals surface area contributed by atoms with Gasteiger partial charge in [-0.2, -0.15) is 0 Å². The van der Waals surface area contributed by atoms with Crippen LogP contribution in [0.4, 0.5) is 5.69 Å². The third-order valence-electron chi connectivity index (χ3n) is 3.75. The van der Waals surface area contributed by atoms with E-state index in [-0.39, 0.29) is 0 Å². The topological polar surface area (TPSA) is 32.5 Å². The molecule has 0 spiro atoms. The lowest BCUT2D eigenvalue weighted by molar-refractivity contribution is 0.285. The quantitative estimate of drug-likeness (QED) is 0.854. The highest BCUT2D eigenvalue weighted by Crippen LogP contribution is 2.26. The van der Waals surface area contributed by atoms with Crippen molar-refractivity contribution in [3.05, 3.63) is 29.8 Å². The van der Waals surface area contributed by atoms with Gasteiger partial charge in [-0.3, -0.25) is 0 Å². The Morgan fingerprint density at radius 1 is 1.32 bits per heavy atom. The molecule has 1 heterocycles. The first kappa shape index (κ1) is 14.3. The van der Waals surface area contributed by atoms with Crippen molar-refractivity contribution in [3.63, 3.8) is 0 Å². The summed E-state index contributed by atoms with van der Waals surface area (Å²) in [5, 5.41) is 0. The lowest BCUT2D eigenvalue weighted by Crippen LogP contribution is -2.38. The number of hydrogen-bond acceptors (Lipinski definition) is 3. The van der Waals surface area contributed by atoms with Crippen LogP contribution in [0.5, 0.6) is 0 Å². The van der Waals surface area contributed by atoms with Gasteiger partial charge in [0.1, 0.15) is 4.99 Å². The van der Waals surface area contributed by atoms with Gasteiger partial charge in [-0.25, -0.2) is 0 Å². The molecule has 2 N–H and O–H groups in total. The highest BCUT2D eigenvalue weighted by atomic mass is 32.1. The van der Waals surface area contributed by atoms with Crippen LogP contribution in [0.1, 0.15) is 18.4 Å². The van der Waals surface area contributed by atoms with E-state index in [2.05, 4.69) is 36.0 Å². The number of piperidine rings is 1. The Labute approximate surface area is 121 Å². The summed E-state index contributed by atoms with van der Waals surface area (Å²) < 4.78 is 0. The molecule has 1 aliphatic heterocycles. The van der Waals surface area contributed by atoms with Crippen LogP contribution in [0.25, 0.3) is 0 Å². The Bertz CT molecular complexity index is 437. The van der Waals surface area contributed by atoms with Crippen LogP contribution in [0, 0.1) is 5.92 Å². The molecule has 1 saturated heterocycles. The van der Waals surface area contributed by atoms with E-state index < -0.39 is 0 Å². The molecule has 0 bridgehead atoms. The van der Waals surface area contributed by atoms with Gasteiger partial charge in [0.2, 0.25) is 0 Å². The lowest BCUT2D eigenvalue weighted by atomic mass is 9.95. The Morgan fingerprint density at radius 2 is 1.95 bits per heavy atom. The predicted molar refractivity (Wildman–Crippen MR) is 85.8 cm³/mol. The summed E-state index contributed by atoms with van der Waals surface area (Å²) in [5.41, 5.74) is 8.01. The molecule has 0 atom stereocenters. The second-order valence-electron chi connectivity index (χ2n) is 5.57. The average molecular weight is 277 g/mol. The van der Waals surface area contributed by atoms with Gasteiger partial charge in [0.15, 0.2) is 0 Å². The number of anilines is 1. The van der Waals surface area contributed by atoms with E-state index >= 15 is 0 Å². The van der Waals surface area contributed by atoms with Gasteiger partial charge in [0, 0.05) is 30.9 Å². The Hall–Kier alpha value is -1.13. The summed E-state index contributed by atoms with van der Waals surface area (Å²) in [6.45, 7) is 3.38. The molecule has 0 amide bonds. The van der Waals surface area contributed by atoms with E-state index in [9.17, 15) is 0 Å². The van der Waals surface area contributed by atoms with E-state index in [1.807, 2.05) is 12.1 Å². The minimum atomic E-state index is 0.492. The van der Waals surface area contributed by atoms with Crippen molar-refractivity contribution in [2.24, 2.45) is 11.7 Å². The van der Waals surface area contributed by atoms with E-state index in [4.69, 9.17) is 18.0 Å². The maximum Gasteiger partial charge on any atom is 0.106 e. The van der Waals surface area contributed by atoms with Crippen LogP contribution in [-0.4, -0.2) is 43.6 Å². The van der Waals surface area contributed by atoms with Crippen LogP contribution in [0.2, 0.25) is 0 Å². The van der Waals surface area contributed by atoms with Crippen molar-refractivity contribution in [2.45, 2.75) is 12.8 Å². The molecule has 19 heavy (non-hydrogen) atoms. The number of benzene rings is 1. The van der Waals surface area contributed by atoms with E-state index in [1.165, 1.54) is 25.1 Å². The standard InChI is InChI=1S/C15H23N3S/c1-17(2)11-12-7-9-18(10-8-12)14-6-4-3-5-13(14)15(16)19/h3-6,12H,7-11H2,1-2H3,(H2,16,19). The predicted octanol–water partition coefficient (Wildman–Crippen LogP) is 2.10.